The molecule has 2 aromatic rings. The van der Waals surface area contributed by atoms with Gasteiger partial charge >= 0.3 is 0 Å². The summed E-state index contributed by atoms with van der Waals surface area (Å²) >= 11 is 0. The maximum atomic E-state index is 13.3. The Labute approximate surface area is 165 Å². The van der Waals surface area contributed by atoms with Gasteiger partial charge in [0.05, 0.1) is 6.54 Å². The Morgan fingerprint density at radius 2 is 2.25 bits per heavy atom. The SMILES string of the molecule is C[C@H](CCc1cccc(F)c1)C(=O)N1CC[C@@H](N(C)Cc2nccc(N)n2)C1. The first-order valence-electron chi connectivity index (χ1n) is 9.73. The molecule has 1 aromatic carbocycles. The fraction of sp³-hybridized carbons (Fsp3) is 0.476. The van der Waals surface area contributed by atoms with Crippen molar-refractivity contribution in [3.63, 3.8) is 0 Å². The van der Waals surface area contributed by atoms with Crippen molar-refractivity contribution in [1.29, 1.82) is 0 Å². The van der Waals surface area contributed by atoms with Crippen LogP contribution in [0.25, 0.3) is 0 Å². The van der Waals surface area contributed by atoms with E-state index in [1.54, 1.807) is 18.3 Å². The van der Waals surface area contributed by atoms with Crippen molar-refractivity contribution >= 4 is 11.7 Å². The summed E-state index contributed by atoms with van der Waals surface area (Å²) in [6, 6.07) is 8.54. The van der Waals surface area contributed by atoms with E-state index < -0.39 is 0 Å². The third-order valence-corrected chi connectivity index (χ3v) is 5.39. The summed E-state index contributed by atoms with van der Waals surface area (Å²) in [5, 5.41) is 0. The second kappa shape index (κ2) is 9.10. The lowest BCUT2D eigenvalue weighted by molar-refractivity contribution is -0.134. The van der Waals surface area contributed by atoms with Crippen LogP contribution in [0.3, 0.4) is 0 Å². The van der Waals surface area contributed by atoms with Gasteiger partial charge in [-0.1, -0.05) is 19.1 Å². The highest BCUT2D eigenvalue weighted by atomic mass is 19.1. The molecule has 150 valence electrons. The molecule has 2 N–H and O–H groups in total. The quantitative estimate of drug-likeness (QED) is 0.793. The number of carbonyl (C=O) groups is 1. The number of nitrogens with zero attached hydrogens (tertiary/aromatic N) is 4. The molecule has 1 fully saturated rings. The topological polar surface area (TPSA) is 75.4 Å². The number of hydrogen-bond acceptors (Lipinski definition) is 5. The van der Waals surface area contributed by atoms with Gasteiger partial charge in [0.15, 0.2) is 0 Å². The van der Waals surface area contributed by atoms with E-state index in [-0.39, 0.29) is 23.7 Å². The average Bonchev–Trinajstić information content (AvgIpc) is 3.16. The summed E-state index contributed by atoms with van der Waals surface area (Å²) in [4.78, 5) is 25.4. The predicted molar refractivity (Wildman–Crippen MR) is 107 cm³/mol. The fourth-order valence-corrected chi connectivity index (χ4v) is 3.66. The van der Waals surface area contributed by atoms with Gasteiger partial charge < -0.3 is 10.6 Å². The van der Waals surface area contributed by atoms with Crippen molar-refractivity contribution in [3.05, 3.63) is 53.7 Å². The van der Waals surface area contributed by atoms with Crippen molar-refractivity contribution in [2.45, 2.75) is 38.8 Å². The van der Waals surface area contributed by atoms with Gasteiger partial charge in [-0.2, -0.15) is 0 Å². The van der Waals surface area contributed by atoms with Gasteiger partial charge in [-0.25, -0.2) is 14.4 Å². The molecule has 28 heavy (non-hydrogen) atoms. The van der Waals surface area contributed by atoms with E-state index in [2.05, 4.69) is 14.9 Å². The van der Waals surface area contributed by atoms with Crippen molar-refractivity contribution in [2.75, 3.05) is 25.9 Å². The first-order chi connectivity index (χ1) is 13.4. The molecule has 6 nitrogen and oxygen atoms in total. The number of anilines is 1. The van der Waals surface area contributed by atoms with E-state index in [0.29, 0.717) is 31.2 Å². The van der Waals surface area contributed by atoms with Gasteiger partial charge in [-0.05, 0) is 50.1 Å². The number of likely N-dealkylation sites (N-methyl/N-ethyl adjacent to an activating group) is 1. The summed E-state index contributed by atoms with van der Waals surface area (Å²) in [6.07, 6.45) is 4.02. The minimum atomic E-state index is -0.231. The van der Waals surface area contributed by atoms with Gasteiger partial charge in [-0.15, -0.1) is 0 Å². The molecular weight excluding hydrogens is 357 g/mol. The number of aromatic nitrogens is 2. The number of halogens is 1. The zero-order valence-electron chi connectivity index (χ0n) is 16.5. The maximum absolute atomic E-state index is 13.3. The lowest BCUT2D eigenvalue weighted by Crippen LogP contribution is -2.38. The van der Waals surface area contributed by atoms with Crippen LogP contribution in [-0.4, -0.2) is 51.9 Å². The second-order valence-electron chi connectivity index (χ2n) is 7.61. The van der Waals surface area contributed by atoms with Crippen LogP contribution >= 0.6 is 0 Å². The third kappa shape index (κ3) is 5.25. The summed E-state index contributed by atoms with van der Waals surface area (Å²) in [5.74, 6) is 1.02. The Kier molecular flexibility index (Phi) is 6.57. The smallest absolute Gasteiger partial charge is 0.225 e. The molecule has 2 atom stereocenters. The normalized spacial score (nSPS) is 17.9. The van der Waals surface area contributed by atoms with Gasteiger partial charge in [0, 0.05) is 31.2 Å². The standard InChI is InChI=1S/C21H28FN5O/c1-15(6-7-16-4-3-5-17(22)12-16)21(28)27-11-9-18(13-27)26(2)14-20-24-10-8-19(23)25-20/h3-5,8,10,12,15,18H,6-7,9,11,13-14H2,1-2H3,(H2,23,24,25)/t15-,18-/m1/s1. The molecule has 7 heteroatoms. The number of rotatable bonds is 7. The Hall–Kier alpha value is -2.54. The average molecular weight is 385 g/mol. The Bertz CT molecular complexity index is 815. The molecule has 1 aliphatic rings. The molecule has 3 rings (SSSR count). The van der Waals surface area contributed by atoms with Gasteiger partial charge in [-0.3, -0.25) is 9.69 Å². The van der Waals surface area contributed by atoms with Crippen molar-refractivity contribution in [2.24, 2.45) is 5.92 Å². The largest absolute Gasteiger partial charge is 0.384 e. The second-order valence-corrected chi connectivity index (χ2v) is 7.61. The van der Waals surface area contributed by atoms with Gasteiger partial charge in [0.1, 0.15) is 17.5 Å². The van der Waals surface area contributed by atoms with Crippen LogP contribution in [-0.2, 0) is 17.8 Å². The third-order valence-electron chi connectivity index (χ3n) is 5.39. The maximum Gasteiger partial charge on any atom is 0.225 e. The highest BCUT2D eigenvalue weighted by molar-refractivity contribution is 5.78. The molecule has 2 heterocycles. The minimum absolute atomic E-state index is 0.0791. The van der Waals surface area contributed by atoms with E-state index in [1.165, 1.54) is 12.1 Å². The van der Waals surface area contributed by atoms with E-state index in [9.17, 15) is 9.18 Å². The number of likely N-dealkylation sites (tertiary alicyclic amines) is 1. The number of hydrogen-bond donors (Lipinski definition) is 1. The number of carbonyl (C=O) groups excluding carboxylic acids is 1. The zero-order valence-corrected chi connectivity index (χ0v) is 16.5. The van der Waals surface area contributed by atoms with E-state index in [0.717, 1.165) is 24.9 Å². The molecule has 0 aliphatic carbocycles. The number of nitrogen functional groups attached to an aromatic ring is 1. The number of amides is 1. The Balaban J connectivity index is 1.48. The van der Waals surface area contributed by atoms with Crippen molar-refractivity contribution in [3.8, 4) is 0 Å². The van der Waals surface area contributed by atoms with Crippen LogP contribution < -0.4 is 5.73 Å². The summed E-state index contributed by atoms with van der Waals surface area (Å²) in [6.45, 7) is 4.03. The molecule has 0 radical (unpaired) electrons. The molecule has 1 aromatic heterocycles. The highest BCUT2D eigenvalue weighted by Crippen LogP contribution is 2.20. The van der Waals surface area contributed by atoms with Crippen LogP contribution in [0, 0.1) is 11.7 Å². The highest BCUT2D eigenvalue weighted by Gasteiger charge is 2.31. The summed E-state index contributed by atoms with van der Waals surface area (Å²) < 4.78 is 13.3. The first-order valence-corrected chi connectivity index (χ1v) is 9.73. The molecule has 0 bridgehead atoms. The molecule has 1 amide bonds. The van der Waals surface area contributed by atoms with Crippen LogP contribution in [0.1, 0.15) is 31.2 Å². The molecule has 0 spiro atoms. The number of aryl methyl sites for hydroxylation is 1. The van der Waals surface area contributed by atoms with Crippen molar-refractivity contribution < 1.29 is 9.18 Å². The summed E-state index contributed by atoms with van der Waals surface area (Å²) in [5.41, 5.74) is 6.65. The molecule has 0 saturated carbocycles. The van der Waals surface area contributed by atoms with E-state index >= 15 is 0 Å². The van der Waals surface area contributed by atoms with Gasteiger partial charge in [0.2, 0.25) is 5.91 Å². The lowest BCUT2D eigenvalue weighted by atomic mass is 10.00. The molecule has 1 aliphatic heterocycles. The van der Waals surface area contributed by atoms with Crippen LogP contribution in [0.2, 0.25) is 0 Å². The van der Waals surface area contributed by atoms with Gasteiger partial charge in [0.25, 0.3) is 0 Å². The van der Waals surface area contributed by atoms with E-state index in [4.69, 9.17) is 5.73 Å². The minimum Gasteiger partial charge on any atom is -0.384 e. The van der Waals surface area contributed by atoms with Crippen molar-refractivity contribution in [1.82, 2.24) is 19.8 Å². The van der Waals surface area contributed by atoms with Crippen LogP contribution in [0.4, 0.5) is 10.2 Å². The number of nitrogens with two attached hydrogens (primary N) is 1. The zero-order chi connectivity index (χ0) is 20.1. The molecular formula is C21H28FN5O. The fourth-order valence-electron chi connectivity index (χ4n) is 3.66. The number of benzene rings is 1. The Morgan fingerprint density at radius 3 is 3.00 bits per heavy atom. The van der Waals surface area contributed by atoms with E-state index in [1.807, 2.05) is 24.9 Å². The summed E-state index contributed by atoms with van der Waals surface area (Å²) in [7, 11) is 2.03. The van der Waals surface area contributed by atoms with Crippen LogP contribution in [0.5, 0.6) is 0 Å². The lowest BCUT2D eigenvalue weighted by Gasteiger charge is -2.25. The molecule has 1 saturated heterocycles. The Morgan fingerprint density at radius 1 is 1.43 bits per heavy atom. The predicted octanol–water partition coefficient (Wildman–Crippen LogP) is 2.50. The first kappa shape index (κ1) is 20.2. The molecule has 0 unspecified atom stereocenters. The monoisotopic (exact) mass is 385 g/mol. The van der Waals surface area contributed by atoms with Crippen LogP contribution in [0.15, 0.2) is 36.5 Å².